The lowest BCUT2D eigenvalue weighted by atomic mass is 10.1. The van der Waals surface area contributed by atoms with Gasteiger partial charge in [0.25, 0.3) is 0 Å². The molecule has 0 aliphatic rings. The molecule has 0 saturated heterocycles. The van der Waals surface area contributed by atoms with E-state index in [0.29, 0.717) is 6.42 Å². The van der Waals surface area contributed by atoms with Gasteiger partial charge in [-0.05, 0) is 25.5 Å². The van der Waals surface area contributed by atoms with E-state index < -0.39 is 0 Å². The molecule has 1 aromatic heterocycles. The third kappa shape index (κ3) is 2.56. The standard InChI is InChI=1S/C11H15N3/c1-3-4-7-10(14-12)11-9(2)6-5-8-13-11/h5-6,8,10,14H,7,12H2,1-2H3. The molecule has 0 radical (unpaired) electrons. The maximum atomic E-state index is 5.46. The van der Waals surface area contributed by atoms with Crippen molar-refractivity contribution in [2.75, 3.05) is 0 Å². The van der Waals surface area contributed by atoms with Gasteiger partial charge >= 0.3 is 0 Å². The van der Waals surface area contributed by atoms with E-state index in [9.17, 15) is 0 Å². The van der Waals surface area contributed by atoms with Gasteiger partial charge in [0.2, 0.25) is 0 Å². The van der Waals surface area contributed by atoms with Crippen LogP contribution in [0.5, 0.6) is 0 Å². The van der Waals surface area contributed by atoms with Gasteiger partial charge in [0.05, 0.1) is 11.7 Å². The van der Waals surface area contributed by atoms with Crippen molar-refractivity contribution >= 4 is 0 Å². The summed E-state index contributed by atoms with van der Waals surface area (Å²) in [6, 6.07) is 3.95. The number of nitrogens with two attached hydrogens (primary N) is 1. The van der Waals surface area contributed by atoms with Crippen LogP contribution in [0.3, 0.4) is 0 Å². The van der Waals surface area contributed by atoms with E-state index in [0.717, 1.165) is 11.3 Å². The Balaban J connectivity index is 2.87. The average Bonchev–Trinajstić information content (AvgIpc) is 2.21. The molecule has 3 N–H and O–H groups in total. The number of hydrazine groups is 1. The fraction of sp³-hybridized carbons (Fsp3) is 0.364. The minimum atomic E-state index is 0.0173. The fourth-order valence-corrected chi connectivity index (χ4v) is 1.30. The van der Waals surface area contributed by atoms with Crippen molar-refractivity contribution in [2.45, 2.75) is 26.3 Å². The van der Waals surface area contributed by atoms with Gasteiger partial charge in [-0.3, -0.25) is 16.3 Å². The third-order valence-corrected chi connectivity index (χ3v) is 2.06. The molecule has 3 nitrogen and oxygen atoms in total. The first-order chi connectivity index (χ1) is 6.79. The van der Waals surface area contributed by atoms with Crippen LogP contribution in [0.1, 0.15) is 30.6 Å². The molecule has 0 amide bonds. The molecule has 0 saturated carbocycles. The molecule has 1 aromatic rings. The van der Waals surface area contributed by atoms with Crippen molar-refractivity contribution < 1.29 is 0 Å². The summed E-state index contributed by atoms with van der Waals surface area (Å²) in [5.74, 6) is 11.3. The van der Waals surface area contributed by atoms with Crippen LogP contribution >= 0.6 is 0 Å². The first-order valence-corrected chi connectivity index (χ1v) is 4.56. The van der Waals surface area contributed by atoms with Gasteiger partial charge in [-0.25, -0.2) is 0 Å². The number of hydrogen-bond acceptors (Lipinski definition) is 3. The van der Waals surface area contributed by atoms with Crippen LogP contribution in [0.15, 0.2) is 18.3 Å². The van der Waals surface area contributed by atoms with Crippen molar-refractivity contribution in [1.82, 2.24) is 10.4 Å². The van der Waals surface area contributed by atoms with Crippen LogP contribution in [0.25, 0.3) is 0 Å². The quantitative estimate of drug-likeness (QED) is 0.428. The summed E-state index contributed by atoms with van der Waals surface area (Å²) < 4.78 is 0. The molecule has 0 aliphatic carbocycles. The molecule has 0 fully saturated rings. The van der Waals surface area contributed by atoms with Crippen molar-refractivity contribution in [2.24, 2.45) is 5.84 Å². The summed E-state index contributed by atoms with van der Waals surface area (Å²) in [4.78, 5) is 4.29. The van der Waals surface area contributed by atoms with Crippen molar-refractivity contribution in [3.05, 3.63) is 29.6 Å². The smallest absolute Gasteiger partial charge is 0.0743 e. The number of aryl methyl sites for hydroxylation is 1. The van der Waals surface area contributed by atoms with Crippen LogP contribution in [0, 0.1) is 18.8 Å². The number of rotatable bonds is 3. The second-order valence-electron chi connectivity index (χ2n) is 3.06. The van der Waals surface area contributed by atoms with E-state index in [1.807, 2.05) is 26.0 Å². The molecule has 1 heterocycles. The van der Waals surface area contributed by atoms with Gasteiger partial charge < -0.3 is 0 Å². The zero-order valence-electron chi connectivity index (χ0n) is 8.54. The Morgan fingerprint density at radius 2 is 2.43 bits per heavy atom. The van der Waals surface area contributed by atoms with E-state index in [-0.39, 0.29) is 6.04 Å². The van der Waals surface area contributed by atoms with Gasteiger partial charge in [-0.2, -0.15) is 0 Å². The summed E-state index contributed by atoms with van der Waals surface area (Å²) >= 11 is 0. The van der Waals surface area contributed by atoms with E-state index in [2.05, 4.69) is 22.3 Å². The van der Waals surface area contributed by atoms with E-state index in [4.69, 9.17) is 5.84 Å². The highest BCUT2D eigenvalue weighted by atomic mass is 15.2. The normalized spacial score (nSPS) is 11.6. The molecule has 1 rings (SSSR count). The molecule has 0 aliphatic heterocycles. The van der Waals surface area contributed by atoms with Crippen molar-refractivity contribution in [1.29, 1.82) is 0 Å². The number of aromatic nitrogens is 1. The highest BCUT2D eigenvalue weighted by molar-refractivity contribution is 5.22. The maximum Gasteiger partial charge on any atom is 0.0743 e. The Kier molecular flexibility index (Phi) is 4.11. The first-order valence-electron chi connectivity index (χ1n) is 4.56. The second kappa shape index (κ2) is 5.38. The molecule has 0 spiro atoms. The fourth-order valence-electron chi connectivity index (χ4n) is 1.30. The van der Waals surface area contributed by atoms with E-state index in [1.165, 1.54) is 0 Å². The minimum Gasteiger partial charge on any atom is -0.271 e. The van der Waals surface area contributed by atoms with Crippen LogP contribution in [0.4, 0.5) is 0 Å². The van der Waals surface area contributed by atoms with Crippen molar-refractivity contribution in [3.63, 3.8) is 0 Å². The highest BCUT2D eigenvalue weighted by Crippen LogP contribution is 2.16. The molecular weight excluding hydrogens is 174 g/mol. The zero-order chi connectivity index (χ0) is 10.4. The average molecular weight is 189 g/mol. The molecule has 3 heteroatoms. The SMILES string of the molecule is CC#CCC(NN)c1ncccc1C. The maximum absolute atomic E-state index is 5.46. The summed E-state index contributed by atoms with van der Waals surface area (Å²) in [5.41, 5.74) is 4.83. The topological polar surface area (TPSA) is 50.9 Å². The summed E-state index contributed by atoms with van der Waals surface area (Å²) in [6.45, 7) is 3.84. The highest BCUT2D eigenvalue weighted by Gasteiger charge is 2.11. The molecule has 0 bridgehead atoms. The Labute approximate surface area is 84.7 Å². The predicted octanol–water partition coefficient (Wildman–Crippen LogP) is 1.31. The van der Waals surface area contributed by atoms with E-state index in [1.54, 1.807) is 6.20 Å². The summed E-state index contributed by atoms with van der Waals surface area (Å²) in [5, 5.41) is 0. The largest absolute Gasteiger partial charge is 0.271 e. The van der Waals surface area contributed by atoms with Gasteiger partial charge in [-0.1, -0.05) is 6.07 Å². The Morgan fingerprint density at radius 1 is 1.64 bits per heavy atom. The summed E-state index contributed by atoms with van der Waals surface area (Å²) in [7, 11) is 0. The molecule has 1 unspecified atom stereocenters. The Hall–Kier alpha value is -1.37. The predicted molar refractivity (Wildman–Crippen MR) is 57.1 cm³/mol. The van der Waals surface area contributed by atoms with Crippen LogP contribution < -0.4 is 11.3 Å². The number of pyridine rings is 1. The van der Waals surface area contributed by atoms with Gasteiger partial charge in [0.15, 0.2) is 0 Å². The molecule has 14 heavy (non-hydrogen) atoms. The van der Waals surface area contributed by atoms with Gasteiger partial charge in [0, 0.05) is 12.6 Å². The monoisotopic (exact) mass is 189 g/mol. The van der Waals surface area contributed by atoms with Gasteiger partial charge in [-0.15, -0.1) is 11.8 Å². The molecule has 0 aromatic carbocycles. The van der Waals surface area contributed by atoms with Crippen LogP contribution in [0.2, 0.25) is 0 Å². The molecule has 1 atom stereocenters. The van der Waals surface area contributed by atoms with Crippen molar-refractivity contribution in [3.8, 4) is 11.8 Å². The Bertz CT molecular complexity index is 349. The lowest BCUT2D eigenvalue weighted by Gasteiger charge is -2.14. The lowest BCUT2D eigenvalue weighted by molar-refractivity contribution is 0.550. The van der Waals surface area contributed by atoms with E-state index >= 15 is 0 Å². The lowest BCUT2D eigenvalue weighted by Crippen LogP contribution is -2.29. The zero-order valence-corrected chi connectivity index (χ0v) is 8.54. The van der Waals surface area contributed by atoms with Gasteiger partial charge in [0.1, 0.15) is 0 Å². The first kappa shape index (κ1) is 10.7. The number of nitrogens with one attached hydrogen (secondary N) is 1. The second-order valence-corrected chi connectivity index (χ2v) is 3.06. The number of nitrogens with zero attached hydrogens (tertiary/aromatic N) is 1. The van der Waals surface area contributed by atoms with Crippen LogP contribution in [-0.2, 0) is 0 Å². The Morgan fingerprint density at radius 3 is 3.00 bits per heavy atom. The molecular formula is C11H15N3. The minimum absolute atomic E-state index is 0.0173. The third-order valence-electron chi connectivity index (χ3n) is 2.06. The number of hydrogen-bond donors (Lipinski definition) is 2. The summed E-state index contributed by atoms with van der Waals surface area (Å²) in [6.07, 6.45) is 2.46. The van der Waals surface area contributed by atoms with Crippen LogP contribution in [-0.4, -0.2) is 4.98 Å². The molecule has 74 valence electrons.